The van der Waals surface area contributed by atoms with Gasteiger partial charge in [-0.05, 0) is 33.6 Å². The molecule has 0 aromatic rings. The molecule has 22 heavy (non-hydrogen) atoms. The zero-order valence-electron chi connectivity index (χ0n) is 13.9. The van der Waals surface area contributed by atoms with Crippen LogP contribution in [0.4, 0.5) is 4.79 Å². The molecule has 1 aliphatic rings. The number of halogens is 1. The molecule has 0 unspecified atom stereocenters. The van der Waals surface area contributed by atoms with E-state index < -0.39 is 5.60 Å². The van der Waals surface area contributed by atoms with Gasteiger partial charge in [0.1, 0.15) is 5.60 Å². The molecule has 0 radical (unpaired) electrons. The van der Waals surface area contributed by atoms with E-state index in [2.05, 4.69) is 10.3 Å². The third-order valence-electron chi connectivity index (χ3n) is 2.80. The summed E-state index contributed by atoms with van der Waals surface area (Å²) in [4.78, 5) is 17.9. The molecule has 0 spiro atoms. The number of hydrogen-bond acceptors (Lipinski definition) is 4. The first-order valence-electron chi connectivity index (χ1n) is 7.35. The van der Waals surface area contributed by atoms with Crippen molar-refractivity contribution in [3.63, 3.8) is 0 Å². The lowest BCUT2D eigenvalue weighted by Crippen LogP contribution is -2.40. The molecular weight excluding hydrogens is 399 g/mol. The summed E-state index contributed by atoms with van der Waals surface area (Å²) in [5, 5.41) is 3.11. The molecule has 1 amide bonds. The fraction of sp³-hybridized carbons (Fsp3) is 0.857. The lowest BCUT2D eigenvalue weighted by molar-refractivity contribution is 0.0208. The van der Waals surface area contributed by atoms with Gasteiger partial charge in [0.15, 0.2) is 5.96 Å². The van der Waals surface area contributed by atoms with Crippen LogP contribution in [0.25, 0.3) is 0 Å². The zero-order chi connectivity index (χ0) is 15.9. The van der Waals surface area contributed by atoms with Crippen LogP contribution in [-0.2, 0) is 9.47 Å². The van der Waals surface area contributed by atoms with Crippen LogP contribution in [0.1, 0.15) is 33.6 Å². The molecule has 3 N–H and O–H groups in total. The van der Waals surface area contributed by atoms with Crippen LogP contribution in [0.5, 0.6) is 0 Å². The summed E-state index contributed by atoms with van der Waals surface area (Å²) in [6.07, 6.45) is 1.94. The second-order valence-corrected chi connectivity index (χ2v) is 6.15. The van der Waals surface area contributed by atoms with E-state index in [-0.39, 0.29) is 30.1 Å². The molecule has 0 aliphatic heterocycles. The van der Waals surface area contributed by atoms with E-state index in [0.717, 1.165) is 12.8 Å². The van der Waals surface area contributed by atoms with Crippen molar-refractivity contribution in [2.45, 2.75) is 45.3 Å². The minimum atomic E-state index is -0.516. The Labute approximate surface area is 150 Å². The SMILES string of the molecule is COCCN(CCN=C(N)NC1CC1)C(=O)OC(C)(C)C.I. The Morgan fingerprint density at radius 3 is 2.50 bits per heavy atom. The van der Waals surface area contributed by atoms with Crippen molar-refractivity contribution >= 4 is 36.0 Å². The number of nitrogens with one attached hydrogen (secondary N) is 1. The van der Waals surface area contributed by atoms with Gasteiger partial charge < -0.3 is 25.4 Å². The van der Waals surface area contributed by atoms with Crippen molar-refractivity contribution in [2.75, 3.05) is 33.4 Å². The number of ether oxygens (including phenoxy) is 2. The van der Waals surface area contributed by atoms with Crippen molar-refractivity contribution < 1.29 is 14.3 Å². The molecule has 1 rings (SSSR count). The summed E-state index contributed by atoms with van der Waals surface area (Å²) in [6.45, 7) is 7.34. The minimum Gasteiger partial charge on any atom is -0.444 e. The van der Waals surface area contributed by atoms with E-state index in [0.29, 0.717) is 38.2 Å². The Morgan fingerprint density at radius 2 is 2.00 bits per heavy atom. The van der Waals surface area contributed by atoms with Crippen molar-refractivity contribution in [1.82, 2.24) is 10.2 Å². The first-order valence-corrected chi connectivity index (χ1v) is 7.35. The van der Waals surface area contributed by atoms with Gasteiger partial charge in [0.2, 0.25) is 0 Å². The Hall–Kier alpha value is -0.770. The van der Waals surface area contributed by atoms with Gasteiger partial charge in [0, 0.05) is 26.2 Å². The maximum atomic E-state index is 12.1. The van der Waals surface area contributed by atoms with E-state index in [9.17, 15) is 4.79 Å². The van der Waals surface area contributed by atoms with E-state index in [1.807, 2.05) is 20.8 Å². The van der Waals surface area contributed by atoms with Crippen molar-refractivity contribution in [1.29, 1.82) is 0 Å². The number of nitrogens with zero attached hydrogens (tertiary/aromatic N) is 2. The van der Waals surface area contributed by atoms with Crippen LogP contribution >= 0.6 is 24.0 Å². The van der Waals surface area contributed by atoms with Gasteiger partial charge in [-0.25, -0.2) is 4.79 Å². The van der Waals surface area contributed by atoms with Gasteiger partial charge in [-0.3, -0.25) is 4.99 Å². The highest BCUT2D eigenvalue weighted by atomic mass is 127. The molecule has 0 aromatic heterocycles. The topological polar surface area (TPSA) is 89.2 Å². The summed E-state index contributed by atoms with van der Waals surface area (Å²) in [6, 6.07) is 0.476. The van der Waals surface area contributed by atoms with Gasteiger partial charge in [-0.15, -0.1) is 24.0 Å². The summed E-state index contributed by atoms with van der Waals surface area (Å²) in [7, 11) is 1.60. The number of carbonyl (C=O) groups excluding carboxylic acids is 1. The van der Waals surface area contributed by atoms with E-state index in [1.54, 1.807) is 12.0 Å². The van der Waals surface area contributed by atoms with E-state index in [1.165, 1.54) is 0 Å². The molecule has 0 bridgehead atoms. The van der Waals surface area contributed by atoms with Crippen molar-refractivity contribution in [3.05, 3.63) is 0 Å². The average Bonchev–Trinajstić information content (AvgIpc) is 3.15. The quantitative estimate of drug-likeness (QED) is 0.365. The highest BCUT2D eigenvalue weighted by Crippen LogP contribution is 2.17. The number of amides is 1. The number of carbonyl (C=O) groups is 1. The number of nitrogens with two attached hydrogens (primary N) is 1. The summed E-state index contributed by atoms with van der Waals surface area (Å²) < 4.78 is 10.4. The third-order valence-corrected chi connectivity index (χ3v) is 2.80. The largest absolute Gasteiger partial charge is 0.444 e. The molecule has 7 nitrogen and oxygen atoms in total. The molecule has 0 heterocycles. The second-order valence-electron chi connectivity index (χ2n) is 6.15. The maximum absolute atomic E-state index is 12.1. The van der Waals surface area contributed by atoms with E-state index in [4.69, 9.17) is 15.2 Å². The number of aliphatic imine (C=N–C) groups is 1. The minimum absolute atomic E-state index is 0. The zero-order valence-corrected chi connectivity index (χ0v) is 16.3. The predicted molar refractivity (Wildman–Crippen MR) is 97.7 cm³/mol. The molecule has 0 aromatic carbocycles. The fourth-order valence-corrected chi connectivity index (χ4v) is 1.60. The normalized spacial score (nSPS) is 15.0. The highest BCUT2D eigenvalue weighted by Gasteiger charge is 2.22. The van der Waals surface area contributed by atoms with Gasteiger partial charge in [-0.2, -0.15) is 0 Å². The molecule has 1 aliphatic carbocycles. The molecular formula is C14H29IN4O3. The van der Waals surface area contributed by atoms with Gasteiger partial charge >= 0.3 is 6.09 Å². The molecule has 8 heteroatoms. The van der Waals surface area contributed by atoms with Crippen LogP contribution in [0.2, 0.25) is 0 Å². The molecule has 130 valence electrons. The number of hydrogen-bond donors (Lipinski definition) is 2. The van der Waals surface area contributed by atoms with Gasteiger partial charge in [-0.1, -0.05) is 0 Å². The maximum Gasteiger partial charge on any atom is 0.410 e. The standard InChI is InChI=1S/C14H28N4O3.HI/c1-14(2,3)21-13(19)18(9-10-20-4)8-7-16-12(15)17-11-5-6-11;/h11H,5-10H2,1-4H3,(H3,15,16,17);1H. The summed E-state index contributed by atoms with van der Waals surface area (Å²) in [5.41, 5.74) is 5.24. The highest BCUT2D eigenvalue weighted by molar-refractivity contribution is 14.0. The van der Waals surface area contributed by atoms with Gasteiger partial charge in [0.05, 0.1) is 13.2 Å². The smallest absolute Gasteiger partial charge is 0.410 e. The lowest BCUT2D eigenvalue weighted by Gasteiger charge is -2.26. The van der Waals surface area contributed by atoms with Crippen LogP contribution in [0.3, 0.4) is 0 Å². The van der Waals surface area contributed by atoms with Crippen LogP contribution in [0.15, 0.2) is 4.99 Å². The number of guanidine groups is 1. The average molecular weight is 428 g/mol. The first-order chi connectivity index (χ1) is 9.81. The Kier molecular flexibility index (Phi) is 9.74. The van der Waals surface area contributed by atoms with Crippen molar-refractivity contribution in [3.8, 4) is 0 Å². The molecule has 0 saturated heterocycles. The number of methoxy groups -OCH3 is 1. The summed E-state index contributed by atoms with van der Waals surface area (Å²) >= 11 is 0. The first kappa shape index (κ1) is 21.2. The van der Waals surface area contributed by atoms with Gasteiger partial charge in [0.25, 0.3) is 0 Å². The van der Waals surface area contributed by atoms with Crippen molar-refractivity contribution in [2.24, 2.45) is 10.7 Å². The lowest BCUT2D eigenvalue weighted by atomic mass is 10.2. The van der Waals surface area contributed by atoms with E-state index >= 15 is 0 Å². The monoisotopic (exact) mass is 428 g/mol. The number of rotatable bonds is 7. The second kappa shape index (κ2) is 10.1. The Bertz CT molecular complexity index is 368. The fourth-order valence-electron chi connectivity index (χ4n) is 1.60. The molecule has 1 saturated carbocycles. The Balaban J connectivity index is 0.00000441. The third kappa shape index (κ3) is 10.0. The van der Waals surface area contributed by atoms with Crippen LogP contribution in [-0.4, -0.2) is 61.9 Å². The molecule has 0 atom stereocenters. The van der Waals surface area contributed by atoms with Crippen LogP contribution in [0, 0.1) is 0 Å². The predicted octanol–water partition coefficient (Wildman–Crippen LogP) is 1.55. The molecule has 1 fully saturated rings. The summed E-state index contributed by atoms with van der Waals surface area (Å²) in [5.74, 6) is 0.438. The Morgan fingerprint density at radius 1 is 1.36 bits per heavy atom. The van der Waals surface area contributed by atoms with Crippen LogP contribution < -0.4 is 11.1 Å².